The summed E-state index contributed by atoms with van der Waals surface area (Å²) >= 11 is 0. The van der Waals surface area contributed by atoms with Crippen molar-refractivity contribution in [2.24, 2.45) is 0 Å². The van der Waals surface area contributed by atoms with E-state index in [0.29, 0.717) is 11.5 Å². The summed E-state index contributed by atoms with van der Waals surface area (Å²) in [5.41, 5.74) is 1.97. The van der Waals surface area contributed by atoms with Crippen molar-refractivity contribution >= 4 is 33.1 Å². The average Bonchev–Trinajstić information content (AvgIpc) is 2.67. The maximum absolute atomic E-state index is 6.05. The molecule has 25 heavy (non-hydrogen) atoms. The first-order valence-electron chi connectivity index (χ1n) is 8.26. The minimum Gasteiger partial charge on any atom is -0.457 e. The Balaban J connectivity index is 1.69. The Labute approximate surface area is 147 Å². The zero-order chi connectivity index (χ0) is 17.2. The summed E-state index contributed by atoms with van der Waals surface area (Å²) < 4.78 is 6.05. The van der Waals surface area contributed by atoms with Crippen LogP contribution in [-0.2, 0) is 4.74 Å². The quantitative estimate of drug-likeness (QED) is 0.382. The van der Waals surface area contributed by atoms with Crippen molar-refractivity contribution in [3.8, 4) is 0 Å². The summed E-state index contributed by atoms with van der Waals surface area (Å²) in [5, 5.41) is 4.59. The van der Waals surface area contributed by atoms with E-state index in [4.69, 9.17) is 4.74 Å². The van der Waals surface area contributed by atoms with E-state index in [-0.39, 0.29) is 0 Å². The molecule has 0 heterocycles. The second-order valence-electron chi connectivity index (χ2n) is 6.00. The SMILES string of the molecule is C=C(OC(=C)c1cccc2ccccc12)c1cccc2ccccc12. The third-order valence-electron chi connectivity index (χ3n) is 4.43. The molecule has 0 atom stereocenters. The van der Waals surface area contributed by atoms with Crippen LogP contribution in [-0.4, -0.2) is 0 Å². The highest BCUT2D eigenvalue weighted by atomic mass is 16.5. The van der Waals surface area contributed by atoms with E-state index in [1.165, 1.54) is 10.8 Å². The van der Waals surface area contributed by atoms with Crippen molar-refractivity contribution in [1.82, 2.24) is 0 Å². The molecule has 0 bridgehead atoms. The number of fused-ring (bicyclic) bond motifs is 2. The van der Waals surface area contributed by atoms with Crippen LogP contribution in [0, 0.1) is 0 Å². The molecule has 0 aromatic heterocycles. The molecule has 0 unspecified atom stereocenters. The van der Waals surface area contributed by atoms with Crippen LogP contribution in [0.4, 0.5) is 0 Å². The molecule has 0 N–H and O–H groups in total. The molecular weight excluding hydrogens is 304 g/mol. The van der Waals surface area contributed by atoms with Crippen LogP contribution < -0.4 is 0 Å². The van der Waals surface area contributed by atoms with E-state index >= 15 is 0 Å². The summed E-state index contributed by atoms with van der Waals surface area (Å²) in [6, 6.07) is 28.7. The first-order valence-corrected chi connectivity index (χ1v) is 8.26. The van der Waals surface area contributed by atoms with Gasteiger partial charge in [0.05, 0.1) is 0 Å². The summed E-state index contributed by atoms with van der Waals surface area (Å²) in [4.78, 5) is 0. The highest BCUT2D eigenvalue weighted by molar-refractivity contribution is 5.95. The Morgan fingerprint density at radius 1 is 0.520 bits per heavy atom. The highest BCUT2D eigenvalue weighted by Gasteiger charge is 2.10. The van der Waals surface area contributed by atoms with Gasteiger partial charge in [0.2, 0.25) is 0 Å². The van der Waals surface area contributed by atoms with Gasteiger partial charge >= 0.3 is 0 Å². The van der Waals surface area contributed by atoms with Crippen LogP contribution in [0.1, 0.15) is 11.1 Å². The molecule has 0 aliphatic rings. The Bertz CT molecular complexity index is 1010. The average molecular weight is 322 g/mol. The van der Waals surface area contributed by atoms with Gasteiger partial charge in [-0.05, 0) is 21.5 Å². The fraction of sp³-hybridized carbons (Fsp3) is 0. The van der Waals surface area contributed by atoms with Crippen LogP contribution in [0.5, 0.6) is 0 Å². The van der Waals surface area contributed by atoms with Gasteiger partial charge in [0.1, 0.15) is 11.5 Å². The molecule has 0 fully saturated rings. The topological polar surface area (TPSA) is 9.23 Å². The fourth-order valence-electron chi connectivity index (χ4n) is 3.20. The van der Waals surface area contributed by atoms with Gasteiger partial charge < -0.3 is 4.74 Å². The summed E-state index contributed by atoms with van der Waals surface area (Å²) in [5.74, 6) is 1.21. The van der Waals surface area contributed by atoms with Crippen molar-refractivity contribution in [3.63, 3.8) is 0 Å². The van der Waals surface area contributed by atoms with Crippen molar-refractivity contribution in [1.29, 1.82) is 0 Å². The Kier molecular flexibility index (Phi) is 3.83. The Morgan fingerprint density at radius 2 is 0.920 bits per heavy atom. The zero-order valence-corrected chi connectivity index (χ0v) is 13.9. The van der Waals surface area contributed by atoms with Gasteiger partial charge in [0.25, 0.3) is 0 Å². The summed E-state index contributed by atoms with van der Waals surface area (Å²) in [6.45, 7) is 8.28. The number of hydrogen-bond acceptors (Lipinski definition) is 1. The molecule has 1 heteroatoms. The van der Waals surface area contributed by atoms with Gasteiger partial charge in [-0.15, -0.1) is 0 Å². The van der Waals surface area contributed by atoms with E-state index in [1.807, 2.05) is 48.5 Å². The predicted molar refractivity (Wildman–Crippen MR) is 107 cm³/mol. The Morgan fingerprint density at radius 3 is 1.40 bits per heavy atom. The minimum atomic E-state index is 0.606. The molecule has 4 aromatic carbocycles. The first kappa shape index (κ1) is 15.2. The number of rotatable bonds is 4. The fourth-order valence-corrected chi connectivity index (χ4v) is 3.20. The molecular formula is C24H18O. The van der Waals surface area contributed by atoms with Crippen LogP contribution in [0.3, 0.4) is 0 Å². The molecule has 0 saturated heterocycles. The van der Waals surface area contributed by atoms with Gasteiger partial charge in [-0.1, -0.05) is 98.1 Å². The molecule has 4 aromatic rings. The molecule has 0 amide bonds. The standard InChI is InChI=1S/C24H18O/c1-17(21-15-7-11-19-9-3-5-13-23(19)21)25-18(2)22-16-8-12-20-10-4-6-14-24(20)22/h3-16H,1-2H2. The van der Waals surface area contributed by atoms with Crippen molar-refractivity contribution in [2.75, 3.05) is 0 Å². The minimum absolute atomic E-state index is 0.606. The summed E-state index contributed by atoms with van der Waals surface area (Å²) in [6.07, 6.45) is 0. The highest BCUT2D eigenvalue weighted by Crippen LogP contribution is 2.31. The van der Waals surface area contributed by atoms with Crippen LogP contribution >= 0.6 is 0 Å². The van der Waals surface area contributed by atoms with Crippen molar-refractivity contribution < 1.29 is 4.74 Å². The zero-order valence-electron chi connectivity index (χ0n) is 13.9. The lowest BCUT2D eigenvalue weighted by molar-refractivity contribution is 0.475. The van der Waals surface area contributed by atoms with Crippen molar-refractivity contribution in [2.45, 2.75) is 0 Å². The molecule has 0 aliphatic carbocycles. The van der Waals surface area contributed by atoms with E-state index in [9.17, 15) is 0 Å². The lowest BCUT2D eigenvalue weighted by Crippen LogP contribution is -1.93. The molecule has 1 nitrogen and oxygen atoms in total. The van der Waals surface area contributed by atoms with Crippen LogP contribution in [0.15, 0.2) is 98.1 Å². The van der Waals surface area contributed by atoms with Gasteiger partial charge in [0, 0.05) is 11.1 Å². The van der Waals surface area contributed by atoms with Gasteiger partial charge in [-0.2, -0.15) is 0 Å². The van der Waals surface area contributed by atoms with Gasteiger partial charge in [0.15, 0.2) is 0 Å². The number of hydrogen-bond donors (Lipinski definition) is 0. The van der Waals surface area contributed by atoms with Crippen LogP contribution in [0.25, 0.3) is 33.1 Å². The number of ether oxygens (including phenoxy) is 1. The molecule has 0 spiro atoms. The maximum Gasteiger partial charge on any atom is 0.128 e. The number of benzene rings is 4. The van der Waals surface area contributed by atoms with E-state index < -0.39 is 0 Å². The Hall–Kier alpha value is -3.32. The van der Waals surface area contributed by atoms with Crippen LogP contribution in [0.2, 0.25) is 0 Å². The molecule has 120 valence electrons. The lowest BCUT2D eigenvalue weighted by atomic mass is 10.0. The molecule has 0 radical (unpaired) electrons. The van der Waals surface area contributed by atoms with E-state index in [0.717, 1.165) is 21.9 Å². The predicted octanol–water partition coefficient (Wildman–Crippen LogP) is 6.65. The third kappa shape index (κ3) is 2.81. The monoisotopic (exact) mass is 322 g/mol. The molecule has 0 saturated carbocycles. The van der Waals surface area contributed by atoms with Gasteiger partial charge in [-0.25, -0.2) is 0 Å². The third-order valence-corrected chi connectivity index (χ3v) is 4.43. The van der Waals surface area contributed by atoms with Crippen molar-refractivity contribution in [3.05, 3.63) is 109 Å². The molecule has 0 aliphatic heterocycles. The second kappa shape index (κ2) is 6.29. The maximum atomic E-state index is 6.05. The first-order chi connectivity index (χ1) is 12.2. The largest absolute Gasteiger partial charge is 0.457 e. The van der Waals surface area contributed by atoms with E-state index in [2.05, 4.69) is 49.6 Å². The van der Waals surface area contributed by atoms with E-state index in [1.54, 1.807) is 0 Å². The van der Waals surface area contributed by atoms with Gasteiger partial charge in [-0.3, -0.25) is 0 Å². The smallest absolute Gasteiger partial charge is 0.128 e. The second-order valence-corrected chi connectivity index (χ2v) is 6.00. The lowest BCUT2D eigenvalue weighted by Gasteiger charge is -2.15. The molecule has 4 rings (SSSR count). The normalized spacial score (nSPS) is 10.7. The summed E-state index contributed by atoms with van der Waals surface area (Å²) in [7, 11) is 0.